The van der Waals surface area contributed by atoms with E-state index in [1.165, 1.54) is 0 Å². The van der Waals surface area contributed by atoms with Crippen molar-refractivity contribution < 1.29 is 9.84 Å². The Hall–Kier alpha value is -1.26. The second-order valence-corrected chi connectivity index (χ2v) is 4.56. The summed E-state index contributed by atoms with van der Waals surface area (Å²) < 4.78 is 5.39. The number of nitrogen functional groups attached to an aromatic ring is 1. The van der Waals surface area contributed by atoms with Crippen LogP contribution in [0.15, 0.2) is 18.2 Å². The maximum atomic E-state index is 10.2. The van der Waals surface area contributed by atoms with Crippen molar-refractivity contribution in [1.29, 1.82) is 0 Å². The first-order valence-electron chi connectivity index (χ1n) is 7.04. The molecule has 4 heteroatoms. The molecule has 19 heavy (non-hydrogen) atoms. The number of anilines is 1. The van der Waals surface area contributed by atoms with E-state index >= 15 is 0 Å². The standard InChI is InChI=1S/C15H26N2O2/c1-4-17(5-2)10-9-14(18)12-7-8-15(19-6-3)13(16)11-12/h7-8,11,14,18H,4-6,9-10,16H2,1-3H3. The third-order valence-electron chi connectivity index (χ3n) is 3.33. The normalized spacial score (nSPS) is 12.7. The number of hydrogen-bond acceptors (Lipinski definition) is 4. The Kier molecular flexibility index (Phi) is 6.67. The van der Waals surface area contributed by atoms with Gasteiger partial charge >= 0.3 is 0 Å². The number of benzene rings is 1. The molecule has 0 saturated carbocycles. The molecule has 108 valence electrons. The second-order valence-electron chi connectivity index (χ2n) is 4.56. The fourth-order valence-electron chi connectivity index (χ4n) is 2.07. The van der Waals surface area contributed by atoms with Crippen molar-refractivity contribution in [1.82, 2.24) is 4.90 Å². The van der Waals surface area contributed by atoms with Gasteiger partial charge in [-0.05, 0) is 44.1 Å². The van der Waals surface area contributed by atoms with E-state index in [4.69, 9.17) is 10.5 Å². The van der Waals surface area contributed by atoms with E-state index in [1.807, 2.05) is 19.1 Å². The molecule has 0 aromatic heterocycles. The highest BCUT2D eigenvalue weighted by atomic mass is 16.5. The van der Waals surface area contributed by atoms with Gasteiger partial charge in [0.05, 0.1) is 18.4 Å². The smallest absolute Gasteiger partial charge is 0.142 e. The zero-order valence-electron chi connectivity index (χ0n) is 12.2. The SMILES string of the molecule is CCOc1ccc(C(O)CCN(CC)CC)cc1N. The Balaban J connectivity index is 2.61. The molecule has 0 radical (unpaired) electrons. The largest absolute Gasteiger partial charge is 0.492 e. The van der Waals surface area contributed by atoms with Crippen molar-refractivity contribution in [3.8, 4) is 5.75 Å². The van der Waals surface area contributed by atoms with Crippen molar-refractivity contribution >= 4 is 5.69 Å². The Morgan fingerprint density at radius 1 is 1.26 bits per heavy atom. The van der Waals surface area contributed by atoms with Gasteiger partial charge in [0, 0.05) is 6.54 Å². The van der Waals surface area contributed by atoms with E-state index < -0.39 is 6.10 Å². The molecule has 0 fully saturated rings. The minimum absolute atomic E-state index is 0.474. The topological polar surface area (TPSA) is 58.7 Å². The first kappa shape index (κ1) is 15.8. The van der Waals surface area contributed by atoms with Gasteiger partial charge in [0.25, 0.3) is 0 Å². The molecule has 0 saturated heterocycles. The lowest BCUT2D eigenvalue weighted by molar-refractivity contribution is 0.145. The molecule has 0 amide bonds. The van der Waals surface area contributed by atoms with Crippen LogP contribution in [0, 0.1) is 0 Å². The molecular formula is C15H26N2O2. The predicted molar refractivity (Wildman–Crippen MR) is 79.4 cm³/mol. The molecule has 0 bridgehead atoms. The maximum absolute atomic E-state index is 10.2. The van der Waals surface area contributed by atoms with Gasteiger partial charge in [0.15, 0.2) is 0 Å². The molecule has 0 spiro atoms. The summed E-state index contributed by atoms with van der Waals surface area (Å²) in [5.41, 5.74) is 7.35. The molecule has 1 rings (SSSR count). The summed E-state index contributed by atoms with van der Waals surface area (Å²) in [6.45, 7) is 9.68. The zero-order valence-corrected chi connectivity index (χ0v) is 12.2. The third kappa shape index (κ3) is 4.73. The molecule has 3 N–H and O–H groups in total. The molecule has 0 aliphatic rings. The van der Waals surface area contributed by atoms with Crippen LogP contribution in [0.3, 0.4) is 0 Å². The Bertz CT molecular complexity index is 378. The quantitative estimate of drug-likeness (QED) is 0.710. The molecule has 0 aliphatic heterocycles. The van der Waals surface area contributed by atoms with Crippen LogP contribution in [-0.2, 0) is 0 Å². The Morgan fingerprint density at radius 2 is 1.95 bits per heavy atom. The van der Waals surface area contributed by atoms with Gasteiger partial charge in [0.2, 0.25) is 0 Å². The molecule has 4 nitrogen and oxygen atoms in total. The van der Waals surface area contributed by atoms with Crippen LogP contribution >= 0.6 is 0 Å². The number of aliphatic hydroxyl groups is 1. The summed E-state index contributed by atoms with van der Waals surface area (Å²) in [6, 6.07) is 5.51. The van der Waals surface area contributed by atoms with Crippen molar-refractivity contribution in [3.63, 3.8) is 0 Å². The zero-order chi connectivity index (χ0) is 14.3. The third-order valence-corrected chi connectivity index (χ3v) is 3.33. The molecule has 1 aromatic rings. The average Bonchev–Trinajstić information content (AvgIpc) is 2.42. The van der Waals surface area contributed by atoms with E-state index in [-0.39, 0.29) is 0 Å². The highest BCUT2D eigenvalue weighted by Crippen LogP contribution is 2.27. The number of nitrogens with two attached hydrogens (primary N) is 1. The lowest BCUT2D eigenvalue weighted by atomic mass is 10.1. The van der Waals surface area contributed by atoms with Crippen molar-refractivity contribution in [2.24, 2.45) is 0 Å². The van der Waals surface area contributed by atoms with Crippen LogP contribution in [0.5, 0.6) is 5.75 Å². The van der Waals surface area contributed by atoms with Gasteiger partial charge in [-0.25, -0.2) is 0 Å². The minimum atomic E-state index is -0.474. The van der Waals surface area contributed by atoms with Gasteiger partial charge in [0.1, 0.15) is 5.75 Å². The molecule has 1 atom stereocenters. The summed E-state index contributed by atoms with van der Waals surface area (Å²) >= 11 is 0. The number of ether oxygens (including phenoxy) is 1. The van der Waals surface area contributed by atoms with Crippen molar-refractivity contribution in [2.45, 2.75) is 33.3 Å². The molecular weight excluding hydrogens is 240 g/mol. The monoisotopic (exact) mass is 266 g/mol. The summed E-state index contributed by atoms with van der Waals surface area (Å²) in [5, 5.41) is 10.2. The molecule has 0 aliphatic carbocycles. The fourth-order valence-corrected chi connectivity index (χ4v) is 2.07. The van der Waals surface area contributed by atoms with E-state index in [0.29, 0.717) is 18.0 Å². The number of rotatable bonds is 8. The first-order chi connectivity index (χ1) is 9.12. The first-order valence-corrected chi connectivity index (χ1v) is 7.04. The summed E-state index contributed by atoms with van der Waals surface area (Å²) in [7, 11) is 0. The Labute approximate surface area is 116 Å². The predicted octanol–water partition coefficient (Wildman–Crippen LogP) is 2.43. The van der Waals surface area contributed by atoms with Crippen LogP contribution in [-0.4, -0.2) is 36.2 Å². The molecule has 1 aromatic carbocycles. The van der Waals surface area contributed by atoms with E-state index in [1.54, 1.807) is 6.07 Å². The van der Waals surface area contributed by atoms with Gasteiger partial charge in [-0.3, -0.25) is 0 Å². The van der Waals surface area contributed by atoms with E-state index in [0.717, 1.165) is 31.6 Å². The number of nitrogens with zero attached hydrogens (tertiary/aromatic N) is 1. The van der Waals surface area contributed by atoms with Gasteiger partial charge in [-0.15, -0.1) is 0 Å². The number of aliphatic hydroxyl groups excluding tert-OH is 1. The van der Waals surface area contributed by atoms with Crippen LogP contribution < -0.4 is 10.5 Å². The van der Waals surface area contributed by atoms with Gasteiger partial charge in [-0.2, -0.15) is 0 Å². The highest BCUT2D eigenvalue weighted by molar-refractivity contribution is 5.54. The fraction of sp³-hybridized carbons (Fsp3) is 0.600. The van der Waals surface area contributed by atoms with E-state index in [2.05, 4.69) is 18.7 Å². The summed E-state index contributed by atoms with van der Waals surface area (Å²) in [5.74, 6) is 0.683. The van der Waals surface area contributed by atoms with Crippen LogP contribution in [0.25, 0.3) is 0 Å². The lowest BCUT2D eigenvalue weighted by Gasteiger charge is -2.20. The van der Waals surface area contributed by atoms with Gasteiger partial charge < -0.3 is 20.5 Å². The van der Waals surface area contributed by atoms with Crippen molar-refractivity contribution in [2.75, 3.05) is 32.0 Å². The Morgan fingerprint density at radius 3 is 2.47 bits per heavy atom. The van der Waals surface area contributed by atoms with Crippen molar-refractivity contribution in [3.05, 3.63) is 23.8 Å². The van der Waals surface area contributed by atoms with E-state index in [9.17, 15) is 5.11 Å². The maximum Gasteiger partial charge on any atom is 0.142 e. The molecule has 1 unspecified atom stereocenters. The second kappa shape index (κ2) is 8.02. The number of hydrogen-bond donors (Lipinski definition) is 2. The summed E-state index contributed by atoms with van der Waals surface area (Å²) in [6.07, 6.45) is 0.244. The lowest BCUT2D eigenvalue weighted by Crippen LogP contribution is -2.25. The van der Waals surface area contributed by atoms with Gasteiger partial charge in [-0.1, -0.05) is 19.9 Å². The van der Waals surface area contributed by atoms with Crippen LogP contribution in [0.2, 0.25) is 0 Å². The molecule has 0 heterocycles. The average molecular weight is 266 g/mol. The highest BCUT2D eigenvalue weighted by Gasteiger charge is 2.11. The van der Waals surface area contributed by atoms with Crippen LogP contribution in [0.4, 0.5) is 5.69 Å². The minimum Gasteiger partial charge on any atom is -0.492 e. The summed E-state index contributed by atoms with van der Waals surface area (Å²) in [4.78, 5) is 2.29. The van der Waals surface area contributed by atoms with Crippen LogP contribution in [0.1, 0.15) is 38.9 Å².